The number of hydrogen-bond acceptors (Lipinski definition) is 4. The van der Waals surface area contributed by atoms with Crippen LogP contribution in [0, 0.1) is 11.8 Å². The molecule has 0 aliphatic carbocycles. The van der Waals surface area contributed by atoms with Crippen molar-refractivity contribution >= 4 is 23.1 Å². The van der Waals surface area contributed by atoms with Gasteiger partial charge < -0.3 is 0 Å². The summed E-state index contributed by atoms with van der Waals surface area (Å²) in [4.78, 5) is 48.1. The fourth-order valence-electron chi connectivity index (χ4n) is 2.30. The van der Waals surface area contributed by atoms with Crippen LogP contribution in [0.2, 0.25) is 0 Å². The molecule has 0 aromatic rings. The molecule has 0 spiro atoms. The Bertz CT molecular complexity index is 335. The summed E-state index contributed by atoms with van der Waals surface area (Å²) in [5.41, 5.74) is 0. The highest BCUT2D eigenvalue weighted by atomic mass is 16.2. The van der Waals surface area contributed by atoms with Crippen LogP contribution < -0.4 is 0 Å². The zero-order valence-electron chi connectivity index (χ0n) is 13.0. The molecule has 4 heteroatoms. The van der Waals surface area contributed by atoms with Gasteiger partial charge in [0.2, 0.25) is 11.6 Å². The van der Waals surface area contributed by atoms with E-state index in [0.717, 1.165) is 0 Å². The van der Waals surface area contributed by atoms with E-state index in [1.54, 1.807) is 13.8 Å². The van der Waals surface area contributed by atoms with E-state index in [1.165, 1.54) is 0 Å². The van der Waals surface area contributed by atoms with Gasteiger partial charge in [0, 0.05) is 12.8 Å². The molecular formula is C16H26O4. The molecule has 114 valence electrons. The first-order valence-corrected chi connectivity index (χ1v) is 7.57. The van der Waals surface area contributed by atoms with Gasteiger partial charge in [-0.25, -0.2) is 0 Å². The van der Waals surface area contributed by atoms with Crippen LogP contribution in [0.25, 0.3) is 0 Å². The molecule has 0 rings (SSSR count). The number of Topliss-reactive ketones (excluding diaryl/α,β-unsaturated/α-hetero) is 4. The average Bonchev–Trinajstić information content (AvgIpc) is 2.40. The topological polar surface area (TPSA) is 68.3 Å². The number of carbonyl (C=O) groups excluding carboxylic acids is 4. The Hall–Kier alpha value is -1.32. The van der Waals surface area contributed by atoms with Crippen LogP contribution in [-0.2, 0) is 19.2 Å². The molecule has 0 saturated carbocycles. The Balaban J connectivity index is 4.99. The van der Waals surface area contributed by atoms with E-state index >= 15 is 0 Å². The van der Waals surface area contributed by atoms with E-state index in [2.05, 4.69) is 0 Å². The Kier molecular flexibility index (Phi) is 8.93. The summed E-state index contributed by atoms with van der Waals surface area (Å²) >= 11 is 0. The molecular weight excluding hydrogens is 256 g/mol. The zero-order chi connectivity index (χ0) is 15.7. The standard InChI is InChI=1S/C16H26O4/c1-5-9-13(17)11(7-3)15(19)16(20)12(8-4)14(18)10-6-2/h11-12H,5-10H2,1-4H3/t11-,12+. The molecule has 0 fully saturated rings. The number of rotatable bonds is 11. The van der Waals surface area contributed by atoms with Gasteiger partial charge in [0.05, 0.1) is 11.8 Å². The minimum absolute atomic E-state index is 0.189. The van der Waals surface area contributed by atoms with Crippen molar-refractivity contribution in [2.24, 2.45) is 11.8 Å². The molecule has 0 aromatic carbocycles. The highest BCUT2D eigenvalue weighted by molar-refractivity contribution is 6.44. The molecule has 0 saturated heterocycles. The van der Waals surface area contributed by atoms with Crippen LogP contribution in [0.4, 0.5) is 0 Å². The second kappa shape index (κ2) is 9.56. The van der Waals surface area contributed by atoms with Crippen LogP contribution in [0.15, 0.2) is 0 Å². The largest absolute Gasteiger partial charge is 0.299 e. The molecule has 0 N–H and O–H groups in total. The third-order valence-corrected chi connectivity index (χ3v) is 3.46. The maximum atomic E-state index is 12.2. The Morgan fingerprint density at radius 1 is 0.650 bits per heavy atom. The quantitative estimate of drug-likeness (QED) is 0.431. The van der Waals surface area contributed by atoms with Crippen LogP contribution in [0.3, 0.4) is 0 Å². The lowest BCUT2D eigenvalue weighted by Gasteiger charge is -2.16. The number of hydrogen-bond donors (Lipinski definition) is 0. The summed E-state index contributed by atoms with van der Waals surface area (Å²) in [5.74, 6) is -3.47. The molecule has 0 bridgehead atoms. The summed E-state index contributed by atoms with van der Waals surface area (Å²) in [6.45, 7) is 7.16. The lowest BCUT2D eigenvalue weighted by Crippen LogP contribution is -2.36. The molecule has 0 amide bonds. The van der Waals surface area contributed by atoms with Crippen molar-refractivity contribution in [2.75, 3.05) is 0 Å². The SMILES string of the molecule is CCCC(=O)[C@@H](CC)C(=O)C(=O)[C@@H](CC)C(=O)CCC. The van der Waals surface area contributed by atoms with Gasteiger partial charge in [0.25, 0.3) is 0 Å². The van der Waals surface area contributed by atoms with Crippen LogP contribution in [-0.4, -0.2) is 23.1 Å². The lowest BCUT2D eigenvalue weighted by molar-refractivity contribution is -0.147. The van der Waals surface area contributed by atoms with Crippen molar-refractivity contribution in [1.29, 1.82) is 0 Å². The van der Waals surface area contributed by atoms with E-state index in [0.29, 0.717) is 38.5 Å². The van der Waals surface area contributed by atoms with Gasteiger partial charge in [-0.2, -0.15) is 0 Å². The smallest absolute Gasteiger partial charge is 0.209 e. The maximum Gasteiger partial charge on any atom is 0.209 e. The van der Waals surface area contributed by atoms with Crippen LogP contribution in [0.1, 0.15) is 66.2 Å². The Morgan fingerprint density at radius 3 is 1.15 bits per heavy atom. The van der Waals surface area contributed by atoms with E-state index < -0.39 is 23.4 Å². The summed E-state index contributed by atoms with van der Waals surface area (Å²) in [6.07, 6.45) is 2.56. The maximum absolute atomic E-state index is 12.2. The van der Waals surface area contributed by atoms with Crippen molar-refractivity contribution in [3.05, 3.63) is 0 Å². The monoisotopic (exact) mass is 282 g/mol. The van der Waals surface area contributed by atoms with E-state index in [1.807, 2.05) is 13.8 Å². The van der Waals surface area contributed by atoms with Crippen LogP contribution >= 0.6 is 0 Å². The summed E-state index contributed by atoms with van der Waals surface area (Å²) in [5, 5.41) is 0. The second-order valence-electron chi connectivity index (χ2n) is 5.08. The van der Waals surface area contributed by atoms with Crippen molar-refractivity contribution in [3.8, 4) is 0 Å². The first-order valence-electron chi connectivity index (χ1n) is 7.57. The van der Waals surface area contributed by atoms with Gasteiger partial charge in [-0.1, -0.05) is 27.7 Å². The molecule has 2 atom stereocenters. The molecule has 20 heavy (non-hydrogen) atoms. The first kappa shape index (κ1) is 18.7. The highest BCUT2D eigenvalue weighted by Gasteiger charge is 2.35. The van der Waals surface area contributed by atoms with Crippen molar-refractivity contribution < 1.29 is 19.2 Å². The summed E-state index contributed by atoms with van der Waals surface area (Å²) < 4.78 is 0. The molecule has 0 aromatic heterocycles. The van der Waals surface area contributed by atoms with Crippen LogP contribution in [0.5, 0.6) is 0 Å². The number of ketones is 4. The van der Waals surface area contributed by atoms with Crippen molar-refractivity contribution in [1.82, 2.24) is 0 Å². The van der Waals surface area contributed by atoms with E-state index in [9.17, 15) is 19.2 Å². The molecule has 0 aliphatic rings. The molecule has 0 unspecified atom stereocenters. The van der Waals surface area contributed by atoms with Gasteiger partial charge in [-0.05, 0) is 25.7 Å². The lowest BCUT2D eigenvalue weighted by atomic mass is 9.84. The fraction of sp³-hybridized carbons (Fsp3) is 0.750. The Morgan fingerprint density at radius 2 is 0.950 bits per heavy atom. The van der Waals surface area contributed by atoms with E-state index in [4.69, 9.17) is 0 Å². The van der Waals surface area contributed by atoms with Gasteiger partial charge in [0.1, 0.15) is 11.6 Å². The second-order valence-corrected chi connectivity index (χ2v) is 5.08. The zero-order valence-corrected chi connectivity index (χ0v) is 13.0. The molecule has 0 aliphatic heterocycles. The fourth-order valence-corrected chi connectivity index (χ4v) is 2.30. The van der Waals surface area contributed by atoms with Gasteiger partial charge in [-0.3, -0.25) is 19.2 Å². The molecule has 0 heterocycles. The predicted molar refractivity (Wildman–Crippen MR) is 77.4 cm³/mol. The minimum Gasteiger partial charge on any atom is -0.299 e. The first-order chi connectivity index (χ1) is 9.44. The average molecular weight is 282 g/mol. The molecule has 4 nitrogen and oxygen atoms in total. The number of carbonyl (C=O) groups is 4. The van der Waals surface area contributed by atoms with Crippen molar-refractivity contribution in [3.63, 3.8) is 0 Å². The van der Waals surface area contributed by atoms with Gasteiger partial charge in [-0.15, -0.1) is 0 Å². The highest BCUT2D eigenvalue weighted by Crippen LogP contribution is 2.17. The Labute approximate surface area is 121 Å². The van der Waals surface area contributed by atoms with Crippen molar-refractivity contribution in [2.45, 2.75) is 66.2 Å². The minimum atomic E-state index is -0.870. The van der Waals surface area contributed by atoms with E-state index in [-0.39, 0.29) is 11.6 Å². The third-order valence-electron chi connectivity index (χ3n) is 3.46. The third kappa shape index (κ3) is 4.99. The van der Waals surface area contributed by atoms with Gasteiger partial charge in [0.15, 0.2) is 0 Å². The van der Waals surface area contributed by atoms with Gasteiger partial charge >= 0.3 is 0 Å². The summed E-state index contributed by atoms with van der Waals surface area (Å²) in [6, 6.07) is 0. The molecule has 0 radical (unpaired) electrons. The summed E-state index contributed by atoms with van der Waals surface area (Å²) in [7, 11) is 0. The predicted octanol–water partition coefficient (Wildman–Crippen LogP) is 2.92. The normalized spacial score (nSPS) is 13.6.